The molecule has 0 atom stereocenters. The summed E-state index contributed by atoms with van der Waals surface area (Å²) < 4.78 is 0. The van der Waals surface area contributed by atoms with E-state index in [2.05, 4.69) is 15.2 Å². The molecule has 17 heavy (non-hydrogen) atoms. The largest absolute Gasteiger partial charge is 0.478 e. The van der Waals surface area contributed by atoms with E-state index >= 15 is 0 Å². The molecule has 0 spiro atoms. The van der Waals surface area contributed by atoms with Crippen molar-refractivity contribution < 1.29 is 9.90 Å². The van der Waals surface area contributed by atoms with Crippen LogP contribution in [0, 0.1) is 0 Å². The SMILES string of the molecule is O=C(O)c1cccc2c1C=NC=C1N=NCN12. The summed E-state index contributed by atoms with van der Waals surface area (Å²) in [5, 5.41) is 17.0. The number of azo groups is 1. The molecule has 2 aliphatic rings. The quantitative estimate of drug-likeness (QED) is 0.796. The van der Waals surface area contributed by atoms with Gasteiger partial charge >= 0.3 is 5.97 Å². The molecule has 1 aromatic rings. The molecule has 2 aliphatic heterocycles. The van der Waals surface area contributed by atoms with E-state index in [-0.39, 0.29) is 5.56 Å². The van der Waals surface area contributed by atoms with Gasteiger partial charge in [0, 0.05) is 11.8 Å². The summed E-state index contributed by atoms with van der Waals surface area (Å²) in [6.07, 6.45) is 3.11. The first kappa shape index (κ1) is 9.71. The number of rotatable bonds is 1. The van der Waals surface area contributed by atoms with Gasteiger partial charge in [0.25, 0.3) is 0 Å². The molecule has 0 unspecified atom stereocenters. The summed E-state index contributed by atoms with van der Waals surface area (Å²) in [6.45, 7) is 0.394. The van der Waals surface area contributed by atoms with Crippen molar-refractivity contribution in [1.29, 1.82) is 0 Å². The van der Waals surface area contributed by atoms with Crippen LogP contribution < -0.4 is 4.90 Å². The summed E-state index contributed by atoms with van der Waals surface area (Å²) in [5.74, 6) is -0.340. The maximum Gasteiger partial charge on any atom is 0.336 e. The molecule has 6 nitrogen and oxygen atoms in total. The zero-order valence-electron chi connectivity index (χ0n) is 8.74. The van der Waals surface area contributed by atoms with Crippen molar-refractivity contribution in [2.24, 2.45) is 15.2 Å². The Morgan fingerprint density at radius 2 is 2.29 bits per heavy atom. The maximum absolute atomic E-state index is 11.1. The minimum absolute atomic E-state index is 0.229. The van der Waals surface area contributed by atoms with Crippen LogP contribution in [0.3, 0.4) is 0 Å². The topological polar surface area (TPSA) is 77.6 Å². The highest BCUT2D eigenvalue weighted by Crippen LogP contribution is 2.30. The van der Waals surface area contributed by atoms with Crippen LogP contribution in [-0.2, 0) is 0 Å². The lowest BCUT2D eigenvalue weighted by Gasteiger charge is -2.18. The zero-order chi connectivity index (χ0) is 11.8. The summed E-state index contributed by atoms with van der Waals surface area (Å²) in [7, 11) is 0. The lowest BCUT2D eigenvalue weighted by atomic mass is 10.1. The lowest BCUT2D eigenvalue weighted by molar-refractivity contribution is 0.0697. The number of hydrogen-bond donors (Lipinski definition) is 1. The first-order valence-electron chi connectivity index (χ1n) is 5.02. The molecular formula is C11H8N4O2. The number of aromatic carboxylic acids is 1. The number of nitrogens with zero attached hydrogens (tertiary/aromatic N) is 4. The molecule has 0 aliphatic carbocycles. The zero-order valence-corrected chi connectivity index (χ0v) is 8.74. The van der Waals surface area contributed by atoms with Crippen molar-refractivity contribution in [3.05, 3.63) is 41.3 Å². The van der Waals surface area contributed by atoms with Gasteiger partial charge in [0.15, 0.2) is 5.82 Å². The Kier molecular flexibility index (Phi) is 2.01. The Hall–Kier alpha value is -2.50. The average Bonchev–Trinajstić information content (AvgIpc) is 2.70. The Labute approximate surface area is 96.6 Å². The standard InChI is InChI=1S/C11H8N4O2/c16-11(17)7-2-1-3-9-8(7)4-12-5-10-14-13-6-15(9)10/h1-5H,6H2,(H,16,17). The van der Waals surface area contributed by atoms with Crippen molar-refractivity contribution in [3.63, 3.8) is 0 Å². The third kappa shape index (κ3) is 1.42. The second-order valence-corrected chi connectivity index (χ2v) is 3.62. The van der Waals surface area contributed by atoms with Crippen LogP contribution in [0.5, 0.6) is 0 Å². The van der Waals surface area contributed by atoms with Gasteiger partial charge in [0.2, 0.25) is 0 Å². The Bertz CT molecular complexity index is 589. The van der Waals surface area contributed by atoms with Gasteiger partial charge in [-0.25, -0.2) is 4.79 Å². The third-order valence-corrected chi connectivity index (χ3v) is 2.65. The van der Waals surface area contributed by atoms with Crippen molar-refractivity contribution in [2.75, 3.05) is 11.6 Å². The molecule has 0 radical (unpaired) electrons. The average molecular weight is 228 g/mol. The lowest BCUT2D eigenvalue weighted by Crippen LogP contribution is -2.18. The Morgan fingerprint density at radius 3 is 3.12 bits per heavy atom. The highest BCUT2D eigenvalue weighted by atomic mass is 16.4. The Balaban J connectivity index is 2.22. The van der Waals surface area contributed by atoms with Crippen LogP contribution in [0.15, 0.2) is 45.4 Å². The summed E-state index contributed by atoms with van der Waals surface area (Å²) in [5.41, 5.74) is 1.58. The molecule has 0 fully saturated rings. The Morgan fingerprint density at radius 1 is 1.41 bits per heavy atom. The maximum atomic E-state index is 11.1. The van der Waals surface area contributed by atoms with Crippen LogP contribution in [0.2, 0.25) is 0 Å². The molecule has 6 heteroatoms. The van der Waals surface area contributed by atoms with E-state index in [9.17, 15) is 4.79 Å². The van der Waals surface area contributed by atoms with Crippen LogP contribution in [0.1, 0.15) is 15.9 Å². The van der Waals surface area contributed by atoms with Gasteiger partial charge in [-0.15, -0.1) is 5.11 Å². The molecule has 0 saturated carbocycles. The van der Waals surface area contributed by atoms with Crippen molar-refractivity contribution in [3.8, 4) is 0 Å². The monoisotopic (exact) mass is 228 g/mol. The van der Waals surface area contributed by atoms with Crippen molar-refractivity contribution in [1.82, 2.24) is 0 Å². The number of carbonyl (C=O) groups is 1. The van der Waals surface area contributed by atoms with E-state index < -0.39 is 5.97 Å². The van der Waals surface area contributed by atoms with E-state index in [1.54, 1.807) is 24.5 Å². The number of carboxylic acids is 1. The van der Waals surface area contributed by atoms with Crippen molar-refractivity contribution in [2.45, 2.75) is 0 Å². The third-order valence-electron chi connectivity index (χ3n) is 2.65. The molecular weight excluding hydrogens is 220 g/mol. The van der Waals surface area contributed by atoms with Gasteiger partial charge in [-0.3, -0.25) is 4.99 Å². The van der Waals surface area contributed by atoms with E-state index in [1.807, 2.05) is 11.0 Å². The summed E-state index contributed by atoms with van der Waals surface area (Å²) in [6, 6.07) is 5.10. The normalized spacial score (nSPS) is 16.2. The van der Waals surface area contributed by atoms with Gasteiger partial charge in [0.1, 0.15) is 6.67 Å². The van der Waals surface area contributed by atoms with E-state index in [1.165, 1.54) is 0 Å². The number of fused-ring (bicyclic) bond motifs is 3. The fraction of sp³-hybridized carbons (Fsp3) is 0.0909. The van der Waals surface area contributed by atoms with Gasteiger partial charge < -0.3 is 10.0 Å². The molecule has 0 saturated heterocycles. The highest BCUT2D eigenvalue weighted by molar-refractivity contribution is 6.03. The molecule has 1 N–H and O–H groups in total. The minimum Gasteiger partial charge on any atom is -0.478 e. The van der Waals surface area contributed by atoms with Crippen LogP contribution in [-0.4, -0.2) is 24.0 Å². The highest BCUT2D eigenvalue weighted by Gasteiger charge is 2.23. The van der Waals surface area contributed by atoms with E-state index in [4.69, 9.17) is 5.11 Å². The minimum atomic E-state index is -0.968. The fourth-order valence-corrected chi connectivity index (χ4v) is 1.88. The van der Waals surface area contributed by atoms with Crippen LogP contribution >= 0.6 is 0 Å². The molecule has 84 valence electrons. The van der Waals surface area contributed by atoms with Crippen LogP contribution in [0.4, 0.5) is 5.69 Å². The number of hydrogen-bond acceptors (Lipinski definition) is 5. The number of anilines is 1. The molecule has 0 bridgehead atoms. The van der Waals surface area contributed by atoms with E-state index in [0.717, 1.165) is 5.69 Å². The fourth-order valence-electron chi connectivity index (χ4n) is 1.88. The molecule has 3 rings (SSSR count). The van der Waals surface area contributed by atoms with Gasteiger partial charge in [0.05, 0.1) is 17.5 Å². The molecule has 1 aromatic carbocycles. The second-order valence-electron chi connectivity index (χ2n) is 3.62. The summed E-state index contributed by atoms with van der Waals surface area (Å²) >= 11 is 0. The first-order chi connectivity index (χ1) is 8.27. The van der Waals surface area contributed by atoms with Crippen LogP contribution in [0.25, 0.3) is 0 Å². The number of aliphatic imine (C=N–C) groups is 1. The van der Waals surface area contributed by atoms with Gasteiger partial charge in [-0.1, -0.05) is 6.07 Å². The first-order valence-corrected chi connectivity index (χ1v) is 5.02. The number of carboxylic acid groups (broad SMARTS) is 1. The molecule has 0 aromatic heterocycles. The molecule has 2 heterocycles. The smallest absolute Gasteiger partial charge is 0.336 e. The second kappa shape index (κ2) is 3.51. The number of benzene rings is 1. The molecule has 0 amide bonds. The van der Waals surface area contributed by atoms with Gasteiger partial charge in [-0.2, -0.15) is 5.11 Å². The van der Waals surface area contributed by atoms with E-state index in [0.29, 0.717) is 18.1 Å². The van der Waals surface area contributed by atoms with Crippen molar-refractivity contribution >= 4 is 17.9 Å². The van der Waals surface area contributed by atoms with Gasteiger partial charge in [-0.05, 0) is 12.1 Å². The summed E-state index contributed by atoms with van der Waals surface area (Å²) in [4.78, 5) is 17.0. The predicted molar refractivity (Wildman–Crippen MR) is 61.3 cm³/mol. The predicted octanol–water partition coefficient (Wildman–Crippen LogP) is 1.85.